The lowest BCUT2D eigenvalue weighted by Crippen LogP contribution is -2.11. The number of furan rings is 1. The molecule has 0 radical (unpaired) electrons. The highest BCUT2D eigenvalue weighted by molar-refractivity contribution is 6.34. The minimum atomic E-state index is -0.283. The number of nitrogen functional groups attached to an aromatic ring is 1. The highest BCUT2D eigenvalue weighted by atomic mass is 35.5. The molecule has 3 N–H and O–H groups in total. The standard InChI is InChI=1S/C12H11ClN2O2/c1-7-4-8(6-17-7)12(16)15-11-5-9(14)2-3-10(11)13/h2-6H,14H2,1H3,(H,15,16). The van der Waals surface area contributed by atoms with Gasteiger partial charge in [0.1, 0.15) is 12.0 Å². The maximum absolute atomic E-state index is 11.8. The van der Waals surface area contributed by atoms with Crippen LogP contribution in [0.3, 0.4) is 0 Å². The third-order valence-corrected chi connectivity index (χ3v) is 2.56. The van der Waals surface area contributed by atoms with Crippen molar-refractivity contribution in [2.75, 3.05) is 11.1 Å². The molecule has 0 bridgehead atoms. The van der Waals surface area contributed by atoms with E-state index >= 15 is 0 Å². The smallest absolute Gasteiger partial charge is 0.258 e. The topological polar surface area (TPSA) is 68.3 Å². The molecule has 88 valence electrons. The minimum absolute atomic E-state index is 0.283. The van der Waals surface area contributed by atoms with Crippen molar-refractivity contribution >= 4 is 28.9 Å². The molecule has 0 spiro atoms. The molecule has 0 atom stereocenters. The number of benzene rings is 1. The molecule has 0 saturated carbocycles. The second-order valence-corrected chi connectivity index (χ2v) is 4.05. The molecule has 0 saturated heterocycles. The predicted molar refractivity (Wildman–Crippen MR) is 67.3 cm³/mol. The summed E-state index contributed by atoms with van der Waals surface area (Å²) in [5.74, 6) is 0.392. The third kappa shape index (κ3) is 2.60. The summed E-state index contributed by atoms with van der Waals surface area (Å²) >= 11 is 5.94. The number of halogens is 1. The number of hydrogen-bond donors (Lipinski definition) is 2. The van der Waals surface area contributed by atoms with Crippen LogP contribution in [0.15, 0.2) is 34.9 Å². The summed E-state index contributed by atoms with van der Waals surface area (Å²) in [7, 11) is 0. The second kappa shape index (κ2) is 4.51. The first kappa shape index (κ1) is 11.5. The van der Waals surface area contributed by atoms with Crippen molar-refractivity contribution in [2.24, 2.45) is 0 Å². The van der Waals surface area contributed by atoms with E-state index in [1.165, 1.54) is 6.26 Å². The first-order valence-electron chi connectivity index (χ1n) is 4.98. The van der Waals surface area contributed by atoms with Gasteiger partial charge in [0, 0.05) is 5.69 Å². The van der Waals surface area contributed by atoms with Crippen LogP contribution in [0.2, 0.25) is 5.02 Å². The van der Waals surface area contributed by atoms with E-state index in [1.54, 1.807) is 31.2 Å². The highest BCUT2D eigenvalue weighted by Crippen LogP contribution is 2.24. The van der Waals surface area contributed by atoms with E-state index < -0.39 is 0 Å². The molecule has 1 aromatic heterocycles. The summed E-state index contributed by atoms with van der Waals surface area (Å²) < 4.78 is 5.06. The van der Waals surface area contributed by atoms with Crippen LogP contribution in [0, 0.1) is 6.92 Å². The van der Waals surface area contributed by atoms with Crippen molar-refractivity contribution in [1.82, 2.24) is 0 Å². The van der Waals surface area contributed by atoms with Crippen LogP contribution < -0.4 is 11.1 Å². The summed E-state index contributed by atoms with van der Waals surface area (Å²) in [6, 6.07) is 6.55. The number of hydrogen-bond acceptors (Lipinski definition) is 3. The summed E-state index contributed by atoms with van der Waals surface area (Å²) in [5, 5.41) is 3.11. The fraction of sp³-hybridized carbons (Fsp3) is 0.0833. The number of rotatable bonds is 2. The molecular weight excluding hydrogens is 240 g/mol. The van der Waals surface area contributed by atoms with Crippen LogP contribution >= 0.6 is 11.6 Å². The molecule has 2 aromatic rings. The predicted octanol–water partition coefficient (Wildman–Crippen LogP) is 3.08. The number of carbonyl (C=O) groups is 1. The third-order valence-electron chi connectivity index (χ3n) is 2.23. The highest BCUT2D eigenvalue weighted by Gasteiger charge is 2.10. The van der Waals surface area contributed by atoms with Crippen molar-refractivity contribution in [2.45, 2.75) is 6.92 Å². The first-order valence-corrected chi connectivity index (χ1v) is 5.35. The molecule has 1 amide bonds. The van der Waals surface area contributed by atoms with E-state index in [-0.39, 0.29) is 5.91 Å². The largest absolute Gasteiger partial charge is 0.469 e. The van der Waals surface area contributed by atoms with E-state index in [2.05, 4.69) is 5.32 Å². The Labute approximate surface area is 103 Å². The molecular formula is C12H11ClN2O2. The summed E-state index contributed by atoms with van der Waals surface area (Å²) in [4.78, 5) is 11.8. The number of anilines is 2. The Morgan fingerprint density at radius 1 is 1.41 bits per heavy atom. The molecule has 5 heteroatoms. The number of nitrogens with two attached hydrogens (primary N) is 1. The lowest BCUT2D eigenvalue weighted by Gasteiger charge is -2.06. The van der Waals surface area contributed by atoms with Gasteiger partial charge in [0.05, 0.1) is 16.3 Å². The maximum Gasteiger partial charge on any atom is 0.258 e. The van der Waals surface area contributed by atoms with Crippen molar-refractivity contribution in [1.29, 1.82) is 0 Å². The van der Waals surface area contributed by atoms with Crippen LogP contribution in [0.5, 0.6) is 0 Å². The molecule has 1 heterocycles. The molecule has 0 aliphatic rings. The monoisotopic (exact) mass is 250 g/mol. The van der Waals surface area contributed by atoms with Crippen LogP contribution in [0.4, 0.5) is 11.4 Å². The molecule has 17 heavy (non-hydrogen) atoms. The van der Waals surface area contributed by atoms with Gasteiger partial charge in [-0.3, -0.25) is 4.79 Å². The van der Waals surface area contributed by atoms with E-state index in [0.717, 1.165) is 0 Å². The fourth-order valence-corrected chi connectivity index (χ4v) is 1.56. The van der Waals surface area contributed by atoms with Crippen molar-refractivity contribution in [3.63, 3.8) is 0 Å². The van der Waals surface area contributed by atoms with Gasteiger partial charge in [-0.15, -0.1) is 0 Å². The lowest BCUT2D eigenvalue weighted by molar-refractivity contribution is 0.102. The van der Waals surface area contributed by atoms with E-state index in [9.17, 15) is 4.79 Å². The molecule has 0 unspecified atom stereocenters. The number of aryl methyl sites for hydroxylation is 1. The Balaban J connectivity index is 2.21. The Hall–Kier alpha value is -1.94. The molecule has 1 aromatic carbocycles. The zero-order valence-corrected chi connectivity index (χ0v) is 9.91. The van der Waals surface area contributed by atoms with Crippen molar-refractivity contribution < 1.29 is 9.21 Å². The van der Waals surface area contributed by atoms with E-state index in [0.29, 0.717) is 27.7 Å². The van der Waals surface area contributed by atoms with Gasteiger partial charge in [-0.1, -0.05) is 11.6 Å². The van der Waals surface area contributed by atoms with Crippen LogP contribution in [0.1, 0.15) is 16.1 Å². The van der Waals surface area contributed by atoms with E-state index in [4.69, 9.17) is 21.8 Å². The molecule has 4 nitrogen and oxygen atoms in total. The quantitative estimate of drug-likeness (QED) is 0.805. The van der Waals surface area contributed by atoms with Gasteiger partial charge < -0.3 is 15.5 Å². The van der Waals surface area contributed by atoms with Gasteiger partial charge in [-0.25, -0.2) is 0 Å². The van der Waals surface area contributed by atoms with Crippen LogP contribution in [-0.4, -0.2) is 5.91 Å². The SMILES string of the molecule is Cc1cc(C(=O)Nc2cc(N)ccc2Cl)co1. The Morgan fingerprint density at radius 2 is 2.18 bits per heavy atom. The van der Waals surface area contributed by atoms with Gasteiger partial charge in [0.15, 0.2) is 0 Å². The van der Waals surface area contributed by atoms with Crippen LogP contribution in [0.25, 0.3) is 0 Å². The molecule has 0 aliphatic carbocycles. The van der Waals surface area contributed by atoms with Gasteiger partial charge >= 0.3 is 0 Å². The van der Waals surface area contributed by atoms with Crippen molar-refractivity contribution in [3.05, 3.63) is 46.9 Å². The number of amides is 1. The number of carbonyl (C=O) groups excluding carboxylic acids is 1. The number of nitrogens with one attached hydrogen (secondary N) is 1. The fourth-order valence-electron chi connectivity index (χ4n) is 1.40. The zero-order valence-electron chi connectivity index (χ0n) is 9.16. The summed E-state index contributed by atoms with van der Waals surface area (Å²) in [6.07, 6.45) is 1.39. The van der Waals surface area contributed by atoms with Crippen molar-refractivity contribution in [3.8, 4) is 0 Å². The van der Waals surface area contributed by atoms with Gasteiger partial charge in [-0.05, 0) is 31.2 Å². The van der Waals surface area contributed by atoms with Gasteiger partial charge in [0.25, 0.3) is 5.91 Å². The van der Waals surface area contributed by atoms with Gasteiger partial charge in [0.2, 0.25) is 0 Å². The Bertz CT molecular complexity index is 563. The lowest BCUT2D eigenvalue weighted by atomic mass is 10.2. The summed E-state index contributed by atoms with van der Waals surface area (Å²) in [6.45, 7) is 1.77. The summed E-state index contributed by atoms with van der Waals surface area (Å²) in [5.41, 5.74) is 7.08. The molecule has 0 fully saturated rings. The van der Waals surface area contributed by atoms with Gasteiger partial charge in [-0.2, -0.15) is 0 Å². The normalized spacial score (nSPS) is 10.2. The Kier molecular flexibility index (Phi) is 3.06. The maximum atomic E-state index is 11.8. The minimum Gasteiger partial charge on any atom is -0.469 e. The average Bonchev–Trinajstić information content (AvgIpc) is 2.70. The first-order chi connectivity index (χ1) is 8.06. The Morgan fingerprint density at radius 3 is 2.82 bits per heavy atom. The zero-order chi connectivity index (χ0) is 12.4. The second-order valence-electron chi connectivity index (χ2n) is 3.64. The molecule has 2 rings (SSSR count). The average molecular weight is 251 g/mol. The van der Waals surface area contributed by atoms with Crippen LogP contribution in [-0.2, 0) is 0 Å². The molecule has 0 aliphatic heterocycles. The van der Waals surface area contributed by atoms with E-state index in [1.807, 2.05) is 0 Å².